The van der Waals surface area contributed by atoms with Crippen molar-refractivity contribution in [2.45, 2.75) is 0 Å². The molecular weight excluding hydrogens is 128 g/mol. The Bertz CT molecular complexity index is 10.8. The van der Waals surface area contributed by atoms with Gasteiger partial charge in [-0.2, -0.15) is 13.5 Å². The van der Waals surface area contributed by atoms with E-state index in [1.807, 2.05) is 0 Å². The van der Waals surface area contributed by atoms with Crippen LogP contribution >= 0.6 is 13.5 Å². The Labute approximate surface area is 79.2 Å². The van der Waals surface area contributed by atoms with Crippen molar-refractivity contribution in [1.82, 2.24) is 0 Å². The summed E-state index contributed by atoms with van der Waals surface area (Å²) < 4.78 is 0. The molecule has 0 aliphatic carbocycles. The average Bonchev–Trinajstić information content (AvgIpc) is 0. The second-order valence-electron chi connectivity index (χ2n) is 0. The molecule has 0 rings (SSSR count). The SMILES string of the molecule is F.F.S.[F-].[HH].[K+]. The molecule has 0 saturated heterocycles. The second-order valence-corrected chi connectivity index (χ2v) is 0. The summed E-state index contributed by atoms with van der Waals surface area (Å²) in [4.78, 5) is 0. The third kappa shape index (κ3) is 26.1. The van der Waals surface area contributed by atoms with E-state index in [1.165, 1.54) is 0 Å². The quantitative estimate of drug-likeness (QED) is 0.290. The normalized spacial score (nSPS) is 0. The molecule has 0 aromatic heterocycles. The van der Waals surface area contributed by atoms with Gasteiger partial charge in [0.1, 0.15) is 0 Å². The Morgan fingerprint density at radius 3 is 1.00 bits per heavy atom. The molecule has 0 fully saturated rings. The molecule has 5 heavy (non-hydrogen) atoms. The summed E-state index contributed by atoms with van der Waals surface area (Å²) in [6.45, 7) is 0. The van der Waals surface area contributed by atoms with E-state index in [-0.39, 0.29) is 80.4 Å². The Hall–Kier alpha value is 1.78. The predicted molar refractivity (Wildman–Crippen MR) is 17.5 cm³/mol. The van der Waals surface area contributed by atoms with Crippen LogP contribution in [-0.4, -0.2) is 0 Å². The monoisotopic (exact) mass is 134 g/mol. The van der Waals surface area contributed by atoms with Crippen LogP contribution in [0.1, 0.15) is 1.43 Å². The predicted octanol–water partition coefficient (Wildman–Crippen LogP) is -5.33. The third-order valence-corrected chi connectivity index (χ3v) is 0. The fourth-order valence-electron chi connectivity index (χ4n) is 0. The van der Waals surface area contributed by atoms with Crippen LogP contribution in [0.25, 0.3) is 0 Å². The maximum Gasteiger partial charge on any atom is 1.00 e. The molecule has 5 heteroatoms. The summed E-state index contributed by atoms with van der Waals surface area (Å²) in [7, 11) is 0. The largest absolute Gasteiger partial charge is 1.00 e. The van der Waals surface area contributed by atoms with Gasteiger partial charge in [-0.1, -0.05) is 0 Å². The number of rotatable bonds is 0. The Balaban J connectivity index is 0. The topological polar surface area (TPSA) is 0 Å². The van der Waals surface area contributed by atoms with E-state index in [9.17, 15) is 0 Å². The van der Waals surface area contributed by atoms with Gasteiger partial charge in [-0.3, -0.25) is 9.41 Å². The molecule has 0 bridgehead atoms. The third-order valence-electron chi connectivity index (χ3n) is 0. The molecule has 0 aliphatic heterocycles. The molecule has 34 valence electrons. The molecule has 0 heterocycles. The molecule has 0 saturated carbocycles. The summed E-state index contributed by atoms with van der Waals surface area (Å²) in [6.07, 6.45) is 0. The van der Waals surface area contributed by atoms with Crippen LogP contribution in [0.2, 0.25) is 0 Å². The van der Waals surface area contributed by atoms with Gasteiger partial charge < -0.3 is 4.70 Å². The van der Waals surface area contributed by atoms with Crippen molar-refractivity contribution >= 4 is 13.5 Å². The summed E-state index contributed by atoms with van der Waals surface area (Å²) >= 11 is 0. The first kappa shape index (κ1) is 71.7. The van der Waals surface area contributed by atoms with Crippen molar-refractivity contribution in [3.8, 4) is 0 Å². The second kappa shape index (κ2) is 41.8. The first-order chi connectivity index (χ1) is 0. The molecule has 0 aromatic carbocycles. The Morgan fingerprint density at radius 1 is 1.00 bits per heavy atom. The van der Waals surface area contributed by atoms with Gasteiger partial charge in [0.2, 0.25) is 0 Å². The van der Waals surface area contributed by atoms with Crippen molar-refractivity contribution in [2.75, 3.05) is 0 Å². The molecule has 0 radical (unpaired) electrons. The van der Waals surface area contributed by atoms with Crippen LogP contribution in [-0.2, 0) is 0 Å². The van der Waals surface area contributed by atoms with Gasteiger partial charge in [-0.05, 0) is 0 Å². The van der Waals surface area contributed by atoms with E-state index in [4.69, 9.17) is 0 Å². The van der Waals surface area contributed by atoms with Gasteiger partial charge >= 0.3 is 51.4 Å². The van der Waals surface area contributed by atoms with Crippen molar-refractivity contribution < 1.29 is 66.9 Å². The number of hydrogen-bond donors (Lipinski definition) is 0. The fourth-order valence-corrected chi connectivity index (χ4v) is 0. The number of halogens is 3. The molecule has 0 aliphatic rings. The van der Waals surface area contributed by atoms with E-state index >= 15 is 0 Å². The molecule has 0 spiro atoms. The van der Waals surface area contributed by atoms with E-state index in [1.54, 1.807) is 0 Å². The van der Waals surface area contributed by atoms with Crippen LogP contribution in [0.3, 0.4) is 0 Å². The standard InChI is InChI=1S/3FH.K.H2S.H2/h3*1H;;1H2;1H/q;;;+1;;/p-1. The van der Waals surface area contributed by atoms with Crippen molar-refractivity contribution in [2.24, 2.45) is 0 Å². The van der Waals surface area contributed by atoms with Crippen LogP contribution in [0.4, 0.5) is 9.41 Å². The van der Waals surface area contributed by atoms with Gasteiger partial charge in [0.05, 0.1) is 0 Å². The molecule has 0 unspecified atom stereocenters. The Morgan fingerprint density at radius 2 is 1.00 bits per heavy atom. The summed E-state index contributed by atoms with van der Waals surface area (Å²) in [5.41, 5.74) is 0. The van der Waals surface area contributed by atoms with Crippen molar-refractivity contribution in [1.29, 1.82) is 0 Å². The van der Waals surface area contributed by atoms with Gasteiger partial charge in [0.15, 0.2) is 0 Å². The molecule has 0 nitrogen and oxygen atoms in total. The minimum atomic E-state index is 0. The van der Waals surface area contributed by atoms with Crippen molar-refractivity contribution in [3.63, 3.8) is 0 Å². The molecule has 0 aromatic rings. The summed E-state index contributed by atoms with van der Waals surface area (Å²) in [6, 6.07) is 0. The van der Waals surface area contributed by atoms with E-state index in [0.29, 0.717) is 0 Å². The van der Waals surface area contributed by atoms with Crippen LogP contribution < -0.4 is 56.1 Å². The molecule has 0 N–H and O–H groups in total. The smallest absolute Gasteiger partial charge is 1.00 e. The maximum atomic E-state index is 0. The molecule has 0 atom stereocenters. The van der Waals surface area contributed by atoms with Gasteiger partial charge in [-0.15, -0.1) is 0 Å². The zero-order valence-electron chi connectivity index (χ0n) is 2.69. The first-order valence-electron chi connectivity index (χ1n) is 0. The average molecular weight is 134 g/mol. The van der Waals surface area contributed by atoms with Gasteiger partial charge in [0, 0.05) is 1.43 Å². The zero-order chi connectivity index (χ0) is 0. The van der Waals surface area contributed by atoms with Gasteiger partial charge in [-0.25, -0.2) is 0 Å². The van der Waals surface area contributed by atoms with Gasteiger partial charge in [0.25, 0.3) is 0 Å². The minimum absolute atomic E-state index is 0. The zero-order valence-corrected chi connectivity index (χ0v) is 6.82. The molecular formula is H6F3KS. The number of hydrogen-bond acceptors (Lipinski definition) is 0. The summed E-state index contributed by atoms with van der Waals surface area (Å²) in [5, 5.41) is 0. The first-order valence-corrected chi connectivity index (χ1v) is 0. The minimum Gasteiger partial charge on any atom is -1.00 e. The fraction of sp³-hybridized carbons (Fsp3) is 0. The van der Waals surface area contributed by atoms with Crippen LogP contribution in [0.15, 0.2) is 0 Å². The molecule has 0 amide bonds. The van der Waals surface area contributed by atoms with E-state index in [2.05, 4.69) is 0 Å². The van der Waals surface area contributed by atoms with Crippen LogP contribution in [0.5, 0.6) is 0 Å². The van der Waals surface area contributed by atoms with E-state index in [0.717, 1.165) is 0 Å². The maximum absolute atomic E-state index is 0. The summed E-state index contributed by atoms with van der Waals surface area (Å²) in [5.74, 6) is 0. The van der Waals surface area contributed by atoms with Crippen LogP contribution in [0, 0.1) is 0 Å². The van der Waals surface area contributed by atoms with E-state index < -0.39 is 0 Å². The Kier molecular flexibility index (Phi) is 598. The van der Waals surface area contributed by atoms with Crippen molar-refractivity contribution in [3.05, 3.63) is 0 Å².